The molecular formula is C24H24O5. The van der Waals surface area contributed by atoms with E-state index in [0.717, 1.165) is 12.0 Å². The van der Waals surface area contributed by atoms with E-state index in [2.05, 4.69) is 13.2 Å². The summed E-state index contributed by atoms with van der Waals surface area (Å²) in [4.78, 5) is 13.3. The number of hydrogen-bond acceptors (Lipinski definition) is 5. The lowest BCUT2D eigenvalue weighted by Gasteiger charge is -2.34. The van der Waals surface area contributed by atoms with Gasteiger partial charge in [0.25, 0.3) is 0 Å². The van der Waals surface area contributed by atoms with Gasteiger partial charge in [-0.2, -0.15) is 0 Å². The minimum atomic E-state index is -0.997. The Morgan fingerprint density at radius 3 is 2.59 bits per heavy atom. The molecule has 29 heavy (non-hydrogen) atoms. The Bertz CT molecular complexity index is 1080. The Balaban J connectivity index is 1.98. The van der Waals surface area contributed by atoms with Gasteiger partial charge in [0.15, 0.2) is 0 Å². The molecule has 5 nitrogen and oxygen atoms in total. The molecule has 0 fully saturated rings. The van der Waals surface area contributed by atoms with Crippen molar-refractivity contribution in [3.8, 4) is 17.2 Å². The van der Waals surface area contributed by atoms with Crippen LogP contribution in [0.5, 0.6) is 17.2 Å². The largest absolute Gasteiger partial charge is 0.507 e. The molecule has 0 saturated carbocycles. The Morgan fingerprint density at radius 2 is 1.93 bits per heavy atom. The molecule has 1 unspecified atom stereocenters. The number of methoxy groups -OCH3 is 1. The van der Waals surface area contributed by atoms with Crippen LogP contribution in [0.3, 0.4) is 0 Å². The number of ketones is 1. The van der Waals surface area contributed by atoms with Crippen LogP contribution in [-0.4, -0.2) is 28.2 Å². The van der Waals surface area contributed by atoms with Crippen LogP contribution in [0.15, 0.2) is 36.9 Å². The number of hydrogen-bond donors (Lipinski definition) is 3. The number of rotatable bonds is 3. The van der Waals surface area contributed by atoms with E-state index in [9.17, 15) is 20.1 Å². The van der Waals surface area contributed by atoms with E-state index in [0.29, 0.717) is 40.9 Å². The van der Waals surface area contributed by atoms with Gasteiger partial charge in [0.1, 0.15) is 17.2 Å². The van der Waals surface area contributed by atoms with Crippen molar-refractivity contribution < 1.29 is 24.9 Å². The maximum Gasteiger partial charge on any atom is 0.201 e. The van der Waals surface area contributed by atoms with Gasteiger partial charge in [-0.25, -0.2) is 0 Å². The normalized spacial score (nSPS) is 20.0. The second-order valence-corrected chi connectivity index (χ2v) is 7.69. The zero-order valence-corrected chi connectivity index (χ0v) is 16.6. The summed E-state index contributed by atoms with van der Waals surface area (Å²) >= 11 is 0. The second-order valence-electron chi connectivity index (χ2n) is 7.69. The fourth-order valence-corrected chi connectivity index (χ4v) is 4.64. The fourth-order valence-electron chi connectivity index (χ4n) is 4.64. The van der Waals surface area contributed by atoms with Crippen LogP contribution in [0.4, 0.5) is 0 Å². The highest BCUT2D eigenvalue weighted by Gasteiger charge is 2.40. The number of phenolic OH excluding ortho intramolecular Hbond substituents is 2. The van der Waals surface area contributed by atoms with Gasteiger partial charge < -0.3 is 20.1 Å². The lowest BCUT2D eigenvalue weighted by atomic mass is 9.72. The highest BCUT2D eigenvalue weighted by atomic mass is 16.5. The fraction of sp³-hybridized carbons (Fsp3) is 0.292. The SMILES string of the molecule is C=C1c2cccc(OC)c2C(=O)c2c(O)c3c(c(O)c21)CC(C(=C)CC)C[C@@H]3O. The van der Waals surface area contributed by atoms with E-state index in [1.807, 2.05) is 6.92 Å². The first-order valence-electron chi connectivity index (χ1n) is 9.69. The summed E-state index contributed by atoms with van der Waals surface area (Å²) in [5.74, 6) is -0.486. The quantitative estimate of drug-likeness (QED) is 0.458. The number of benzene rings is 2. The number of aromatic hydroxyl groups is 2. The zero-order valence-electron chi connectivity index (χ0n) is 16.6. The Hall–Kier alpha value is -3.05. The molecule has 2 aliphatic rings. The van der Waals surface area contributed by atoms with Crippen molar-refractivity contribution in [3.63, 3.8) is 0 Å². The van der Waals surface area contributed by atoms with Crippen molar-refractivity contribution in [1.82, 2.24) is 0 Å². The number of phenols is 2. The standard InChI is InChI=1S/C24H24O5/c1-5-11(2)13-9-15-19(16(25)10-13)23(27)21-18(22(15)26)12(3)14-7-6-8-17(29-4)20(14)24(21)28/h6-8,13,16,25-27H,2-3,5,9-10H2,1,4H3/t13?,16-/m0/s1. The average Bonchev–Trinajstić information content (AvgIpc) is 2.72. The van der Waals surface area contributed by atoms with Crippen LogP contribution in [0.25, 0.3) is 5.57 Å². The second kappa shape index (κ2) is 6.78. The minimum Gasteiger partial charge on any atom is -0.507 e. The van der Waals surface area contributed by atoms with E-state index in [-0.39, 0.29) is 34.1 Å². The minimum absolute atomic E-state index is 0.00853. The Kier molecular flexibility index (Phi) is 4.50. The van der Waals surface area contributed by atoms with Gasteiger partial charge in [-0.3, -0.25) is 4.79 Å². The molecule has 2 atom stereocenters. The molecule has 5 heteroatoms. The molecule has 2 aliphatic carbocycles. The molecule has 2 aromatic rings. The number of fused-ring (bicyclic) bond motifs is 3. The van der Waals surface area contributed by atoms with E-state index >= 15 is 0 Å². The molecule has 2 aromatic carbocycles. The molecule has 4 rings (SSSR count). The maximum atomic E-state index is 13.3. The third kappa shape index (κ3) is 2.61. The van der Waals surface area contributed by atoms with Crippen LogP contribution >= 0.6 is 0 Å². The Morgan fingerprint density at radius 1 is 1.21 bits per heavy atom. The summed E-state index contributed by atoms with van der Waals surface area (Å²) in [6.45, 7) is 10.2. The van der Waals surface area contributed by atoms with Gasteiger partial charge in [0, 0.05) is 16.7 Å². The molecule has 0 aliphatic heterocycles. The number of allylic oxidation sites excluding steroid dienone is 1. The van der Waals surface area contributed by atoms with Crippen LogP contribution < -0.4 is 4.74 Å². The lowest BCUT2D eigenvalue weighted by Crippen LogP contribution is -2.24. The van der Waals surface area contributed by atoms with Gasteiger partial charge in [0.2, 0.25) is 5.78 Å². The number of ether oxygens (including phenoxy) is 1. The molecule has 0 radical (unpaired) electrons. The highest BCUT2D eigenvalue weighted by Crippen LogP contribution is 2.53. The third-order valence-electron chi connectivity index (χ3n) is 6.24. The maximum absolute atomic E-state index is 13.3. The highest BCUT2D eigenvalue weighted by molar-refractivity contribution is 6.22. The third-order valence-corrected chi connectivity index (χ3v) is 6.24. The topological polar surface area (TPSA) is 87.0 Å². The lowest BCUT2D eigenvalue weighted by molar-refractivity contribution is 0.102. The number of aliphatic hydroxyl groups is 1. The number of carbonyl (C=O) groups is 1. The van der Waals surface area contributed by atoms with Crippen LogP contribution in [0, 0.1) is 5.92 Å². The van der Waals surface area contributed by atoms with Gasteiger partial charge in [0.05, 0.1) is 24.3 Å². The molecule has 0 saturated heterocycles. The summed E-state index contributed by atoms with van der Waals surface area (Å²) in [5.41, 5.74) is 3.15. The van der Waals surface area contributed by atoms with Gasteiger partial charge >= 0.3 is 0 Å². The van der Waals surface area contributed by atoms with Gasteiger partial charge in [-0.15, -0.1) is 0 Å². The van der Waals surface area contributed by atoms with Crippen LogP contribution in [-0.2, 0) is 6.42 Å². The van der Waals surface area contributed by atoms with E-state index in [4.69, 9.17) is 4.74 Å². The predicted octanol–water partition coefficient (Wildman–Crippen LogP) is 4.27. The van der Waals surface area contributed by atoms with E-state index in [1.165, 1.54) is 7.11 Å². The summed E-state index contributed by atoms with van der Waals surface area (Å²) in [7, 11) is 1.47. The summed E-state index contributed by atoms with van der Waals surface area (Å²) in [5, 5.41) is 32.9. The van der Waals surface area contributed by atoms with Crippen LogP contribution in [0.2, 0.25) is 0 Å². The first kappa shape index (κ1) is 19.3. The molecule has 0 spiro atoms. The smallest absolute Gasteiger partial charge is 0.201 e. The van der Waals surface area contributed by atoms with Crippen molar-refractivity contribution in [2.24, 2.45) is 5.92 Å². The van der Waals surface area contributed by atoms with Gasteiger partial charge in [-0.1, -0.05) is 37.8 Å². The van der Waals surface area contributed by atoms with Crippen molar-refractivity contribution in [2.75, 3.05) is 7.11 Å². The molecule has 0 amide bonds. The molecule has 3 N–H and O–H groups in total. The summed E-state index contributed by atoms with van der Waals surface area (Å²) in [6.07, 6.45) is 0.602. The average molecular weight is 392 g/mol. The zero-order chi connectivity index (χ0) is 21.0. The Labute approximate surface area is 169 Å². The molecule has 0 heterocycles. The van der Waals surface area contributed by atoms with Crippen LogP contribution in [0.1, 0.15) is 64.0 Å². The van der Waals surface area contributed by atoms with Gasteiger partial charge in [-0.05, 0) is 42.4 Å². The van der Waals surface area contributed by atoms with Crippen molar-refractivity contribution in [2.45, 2.75) is 32.3 Å². The monoisotopic (exact) mass is 392 g/mol. The van der Waals surface area contributed by atoms with Crippen molar-refractivity contribution in [1.29, 1.82) is 0 Å². The molecule has 150 valence electrons. The molecule has 0 aromatic heterocycles. The molecular weight excluding hydrogens is 368 g/mol. The van der Waals surface area contributed by atoms with E-state index in [1.54, 1.807) is 18.2 Å². The van der Waals surface area contributed by atoms with Crippen molar-refractivity contribution in [3.05, 3.63) is 70.3 Å². The predicted molar refractivity (Wildman–Crippen MR) is 111 cm³/mol. The first-order valence-corrected chi connectivity index (χ1v) is 9.69. The number of aliphatic hydroxyl groups excluding tert-OH is 1. The summed E-state index contributed by atoms with van der Waals surface area (Å²) in [6, 6.07) is 5.16. The summed E-state index contributed by atoms with van der Waals surface area (Å²) < 4.78 is 5.34. The van der Waals surface area contributed by atoms with Crippen molar-refractivity contribution >= 4 is 11.4 Å². The van der Waals surface area contributed by atoms with E-state index < -0.39 is 11.9 Å². The molecule has 0 bridgehead atoms. The first-order chi connectivity index (χ1) is 13.8. The number of carbonyl (C=O) groups excluding carboxylic acids is 1.